The number of aromatic amines is 1. The Bertz CT molecular complexity index is 726. The van der Waals surface area contributed by atoms with Gasteiger partial charge in [-0.2, -0.15) is 0 Å². The molecule has 0 atom stereocenters. The van der Waals surface area contributed by atoms with Crippen LogP contribution in [0.3, 0.4) is 0 Å². The highest BCUT2D eigenvalue weighted by Gasteiger charge is 2.08. The Hall–Kier alpha value is -1.93. The molecule has 0 amide bonds. The SMILES string of the molecule is CCSc1[nH]c2ccccc2c1/C=C/c1ccccc1. The van der Waals surface area contributed by atoms with Gasteiger partial charge in [-0.3, -0.25) is 0 Å². The molecule has 20 heavy (non-hydrogen) atoms. The molecule has 1 nitrogen and oxygen atoms in total. The summed E-state index contributed by atoms with van der Waals surface area (Å²) in [5.41, 5.74) is 3.72. The van der Waals surface area contributed by atoms with Gasteiger partial charge in [0.2, 0.25) is 0 Å². The number of rotatable bonds is 4. The highest BCUT2D eigenvalue weighted by atomic mass is 32.2. The van der Waals surface area contributed by atoms with Crippen molar-refractivity contribution >= 4 is 34.8 Å². The fourth-order valence-electron chi connectivity index (χ4n) is 2.31. The number of hydrogen-bond acceptors (Lipinski definition) is 1. The fraction of sp³-hybridized carbons (Fsp3) is 0.111. The van der Waals surface area contributed by atoms with Crippen LogP contribution in [0.5, 0.6) is 0 Å². The molecule has 0 unspecified atom stereocenters. The van der Waals surface area contributed by atoms with Gasteiger partial charge in [-0.25, -0.2) is 0 Å². The highest BCUT2D eigenvalue weighted by molar-refractivity contribution is 7.99. The van der Waals surface area contributed by atoms with Crippen LogP contribution in [0, 0.1) is 0 Å². The Morgan fingerprint density at radius 1 is 0.950 bits per heavy atom. The predicted octanol–water partition coefficient (Wildman–Crippen LogP) is 5.45. The van der Waals surface area contributed by atoms with Crippen molar-refractivity contribution in [3.63, 3.8) is 0 Å². The highest BCUT2D eigenvalue weighted by Crippen LogP contribution is 2.31. The molecule has 0 aliphatic heterocycles. The average Bonchev–Trinajstić information content (AvgIpc) is 2.84. The van der Waals surface area contributed by atoms with E-state index in [4.69, 9.17) is 0 Å². The fourth-order valence-corrected chi connectivity index (χ4v) is 3.11. The summed E-state index contributed by atoms with van der Waals surface area (Å²) in [7, 11) is 0. The lowest BCUT2D eigenvalue weighted by Gasteiger charge is -1.98. The minimum Gasteiger partial charge on any atom is -0.349 e. The number of hydrogen-bond donors (Lipinski definition) is 1. The number of H-pyrrole nitrogens is 1. The molecular weight excluding hydrogens is 262 g/mol. The van der Waals surface area contributed by atoms with Crippen LogP contribution in [0.1, 0.15) is 18.1 Å². The lowest BCUT2D eigenvalue weighted by molar-refractivity contribution is 1.22. The van der Waals surface area contributed by atoms with E-state index < -0.39 is 0 Å². The Kier molecular flexibility index (Phi) is 3.93. The zero-order valence-corrected chi connectivity index (χ0v) is 12.3. The summed E-state index contributed by atoms with van der Waals surface area (Å²) >= 11 is 1.86. The molecule has 1 heterocycles. The second-order valence-corrected chi connectivity index (χ2v) is 5.86. The summed E-state index contributed by atoms with van der Waals surface area (Å²) in [5.74, 6) is 1.07. The number of thioether (sulfide) groups is 1. The normalized spacial score (nSPS) is 11.4. The van der Waals surface area contributed by atoms with Crippen molar-refractivity contribution in [2.75, 3.05) is 5.75 Å². The van der Waals surface area contributed by atoms with Gasteiger partial charge in [-0.05, 0) is 17.4 Å². The molecule has 0 bridgehead atoms. The first-order chi connectivity index (χ1) is 9.88. The molecule has 2 heteroatoms. The first kappa shape index (κ1) is 13.1. The lowest BCUT2D eigenvalue weighted by Crippen LogP contribution is -1.77. The van der Waals surface area contributed by atoms with Gasteiger partial charge in [0, 0.05) is 16.5 Å². The van der Waals surface area contributed by atoms with E-state index in [0.717, 1.165) is 5.75 Å². The monoisotopic (exact) mass is 279 g/mol. The summed E-state index contributed by atoms with van der Waals surface area (Å²) in [6, 6.07) is 18.9. The standard InChI is InChI=1S/C18H17NS/c1-2-20-18-16(13-12-14-8-4-3-5-9-14)15-10-6-7-11-17(15)19-18/h3-13,19H,2H2,1H3/b13-12+. The molecule has 0 fully saturated rings. The Labute approximate surface area is 123 Å². The van der Waals surface area contributed by atoms with Gasteiger partial charge in [-0.1, -0.05) is 67.6 Å². The predicted molar refractivity (Wildman–Crippen MR) is 90.1 cm³/mol. The second kappa shape index (κ2) is 6.02. The van der Waals surface area contributed by atoms with Crippen molar-refractivity contribution in [3.05, 3.63) is 65.7 Å². The largest absolute Gasteiger partial charge is 0.349 e. The van der Waals surface area contributed by atoms with Crippen LogP contribution in [0.4, 0.5) is 0 Å². The van der Waals surface area contributed by atoms with Crippen LogP contribution in [-0.4, -0.2) is 10.7 Å². The third-order valence-electron chi connectivity index (χ3n) is 3.24. The van der Waals surface area contributed by atoms with Crippen LogP contribution >= 0.6 is 11.8 Å². The van der Waals surface area contributed by atoms with Crippen LogP contribution in [0.15, 0.2) is 59.6 Å². The van der Waals surface area contributed by atoms with E-state index in [1.165, 1.54) is 27.1 Å². The number of para-hydroxylation sites is 1. The molecule has 0 aliphatic rings. The van der Waals surface area contributed by atoms with Crippen molar-refractivity contribution in [3.8, 4) is 0 Å². The molecule has 1 aromatic heterocycles. The molecule has 0 radical (unpaired) electrons. The van der Waals surface area contributed by atoms with Crippen LogP contribution in [0.25, 0.3) is 23.1 Å². The zero-order valence-electron chi connectivity index (χ0n) is 11.5. The van der Waals surface area contributed by atoms with Gasteiger partial charge in [0.25, 0.3) is 0 Å². The molecule has 0 aliphatic carbocycles. The average molecular weight is 279 g/mol. The first-order valence-corrected chi connectivity index (χ1v) is 7.83. The Morgan fingerprint density at radius 2 is 1.70 bits per heavy atom. The number of fused-ring (bicyclic) bond motifs is 1. The maximum Gasteiger partial charge on any atom is 0.0806 e. The molecule has 0 saturated carbocycles. The maximum atomic E-state index is 3.51. The molecule has 2 aromatic carbocycles. The van der Waals surface area contributed by atoms with Crippen molar-refractivity contribution < 1.29 is 0 Å². The quantitative estimate of drug-likeness (QED) is 0.628. The molecule has 3 rings (SSSR count). The van der Waals surface area contributed by atoms with E-state index in [-0.39, 0.29) is 0 Å². The van der Waals surface area contributed by atoms with E-state index in [9.17, 15) is 0 Å². The number of nitrogens with one attached hydrogen (secondary N) is 1. The third kappa shape index (κ3) is 2.66. The molecule has 3 aromatic rings. The second-order valence-electron chi connectivity index (χ2n) is 4.59. The summed E-state index contributed by atoms with van der Waals surface area (Å²) in [6.07, 6.45) is 4.39. The van der Waals surface area contributed by atoms with Crippen molar-refractivity contribution in [1.29, 1.82) is 0 Å². The molecule has 100 valence electrons. The minimum absolute atomic E-state index is 1.07. The molecule has 0 spiro atoms. The van der Waals surface area contributed by atoms with Gasteiger partial charge in [-0.15, -0.1) is 11.8 Å². The maximum absolute atomic E-state index is 3.51. The summed E-state index contributed by atoms with van der Waals surface area (Å²) < 4.78 is 0. The van der Waals surface area contributed by atoms with E-state index >= 15 is 0 Å². The first-order valence-electron chi connectivity index (χ1n) is 6.85. The summed E-state index contributed by atoms with van der Waals surface area (Å²) in [6.45, 7) is 2.18. The summed E-state index contributed by atoms with van der Waals surface area (Å²) in [4.78, 5) is 3.51. The van der Waals surface area contributed by atoms with Gasteiger partial charge < -0.3 is 4.98 Å². The van der Waals surface area contributed by atoms with Gasteiger partial charge in [0.1, 0.15) is 0 Å². The smallest absolute Gasteiger partial charge is 0.0806 e. The van der Waals surface area contributed by atoms with Crippen molar-refractivity contribution in [1.82, 2.24) is 4.98 Å². The van der Waals surface area contributed by atoms with Crippen LogP contribution in [-0.2, 0) is 0 Å². The number of benzene rings is 2. The molecule has 0 saturated heterocycles. The van der Waals surface area contributed by atoms with Crippen LogP contribution in [0.2, 0.25) is 0 Å². The van der Waals surface area contributed by atoms with Gasteiger partial charge >= 0.3 is 0 Å². The summed E-state index contributed by atoms with van der Waals surface area (Å²) in [5, 5.41) is 2.54. The van der Waals surface area contributed by atoms with Gasteiger partial charge in [0.15, 0.2) is 0 Å². The topological polar surface area (TPSA) is 15.8 Å². The Morgan fingerprint density at radius 3 is 2.50 bits per heavy atom. The van der Waals surface area contributed by atoms with E-state index in [0.29, 0.717) is 0 Å². The van der Waals surface area contributed by atoms with Crippen LogP contribution < -0.4 is 0 Å². The molecule has 1 N–H and O–H groups in total. The van der Waals surface area contributed by atoms with Crippen molar-refractivity contribution in [2.24, 2.45) is 0 Å². The minimum atomic E-state index is 1.07. The Balaban J connectivity index is 2.05. The zero-order chi connectivity index (χ0) is 13.8. The lowest BCUT2D eigenvalue weighted by atomic mass is 10.1. The number of aromatic nitrogens is 1. The van der Waals surface area contributed by atoms with Gasteiger partial charge in [0.05, 0.1) is 5.03 Å². The molecular formula is C18H17NS. The van der Waals surface area contributed by atoms with E-state index in [1.54, 1.807) is 0 Å². The van der Waals surface area contributed by atoms with Crippen molar-refractivity contribution in [2.45, 2.75) is 11.9 Å². The third-order valence-corrected chi connectivity index (χ3v) is 4.14. The van der Waals surface area contributed by atoms with E-state index in [2.05, 4.69) is 72.6 Å². The van der Waals surface area contributed by atoms with E-state index in [1.807, 2.05) is 17.8 Å².